The Bertz CT molecular complexity index is 788. The van der Waals surface area contributed by atoms with E-state index in [9.17, 15) is 9.90 Å². The minimum Gasteiger partial charge on any atom is -0.393 e. The van der Waals surface area contributed by atoms with E-state index in [0.717, 1.165) is 70.0 Å². The lowest BCUT2D eigenvalue weighted by Gasteiger charge is -2.34. The molecule has 0 spiro atoms. The lowest BCUT2D eigenvalue weighted by atomic mass is 9.91. The van der Waals surface area contributed by atoms with E-state index in [2.05, 4.69) is 19.8 Å². The van der Waals surface area contributed by atoms with Gasteiger partial charge in [0, 0.05) is 44.6 Å². The highest BCUT2D eigenvalue weighted by molar-refractivity contribution is 5.44. The predicted octanol–water partition coefficient (Wildman–Crippen LogP) is 1.59. The molecule has 27 heavy (non-hydrogen) atoms. The number of hydrogen-bond acceptors (Lipinski definition) is 6. The SMILES string of the molecule is O=c1ccc(CC2CCN(c3nccc(N4CCC(O)CC4)n3)CC2)c[nH]1. The number of pyridine rings is 1. The normalized spacial score (nSPS) is 19.4. The first-order valence-corrected chi connectivity index (χ1v) is 9.86. The van der Waals surface area contributed by atoms with Crippen LogP contribution in [0.1, 0.15) is 31.2 Å². The van der Waals surface area contributed by atoms with Crippen LogP contribution in [0.2, 0.25) is 0 Å². The summed E-state index contributed by atoms with van der Waals surface area (Å²) in [6.07, 6.45) is 8.30. The summed E-state index contributed by atoms with van der Waals surface area (Å²) in [6.45, 7) is 3.60. The molecule has 2 N–H and O–H groups in total. The van der Waals surface area contributed by atoms with E-state index in [1.165, 1.54) is 5.56 Å². The van der Waals surface area contributed by atoms with Crippen LogP contribution in [0.4, 0.5) is 11.8 Å². The molecular formula is C20H27N5O2. The molecule has 0 bridgehead atoms. The molecule has 2 aliphatic rings. The van der Waals surface area contributed by atoms with Gasteiger partial charge in [-0.2, -0.15) is 4.98 Å². The van der Waals surface area contributed by atoms with Gasteiger partial charge in [-0.1, -0.05) is 6.07 Å². The number of nitrogens with zero attached hydrogens (tertiary/aromatic N) is 4. The first kappa shape index (κ1) is 18.0. The van der Waals surface area contributed by atoms with Crippen LogP contribution in [0.3, 0.4) is 0 Å². The number of aromatic amines is 1. The predicted molar refractivity (Wildman–Crippen MR) is 105 cm³/mol. The average molecular weight is 369 g/mol. The van der Waals surface area contributed by atoms with Crippen LogP contribution in [0.5, 0.6) is 0 Å². The average Bonchev–Trinajstić information content (AvgIpc) is 2.71. The second-order valence-corrected chi connectivity index (χ2v) is 7.63. The van der Waals surface area contributed by atoms with Gasteiger partial charge in [-0.25, -0.2) is 4.98 Å². The van der Waals surface area contributed by atoms with Crippen molar-refractivity contribution in [3.8, 4) is 0 Å². The van der Waals surface area contributed by atoms with Crippen molar-refractivity contribution >= 4 is 11.8 Å². The van der Waals surface area contributed by atoms with Crippen LogP contribution in [0.15, 0.2) is 35.4 Å². The third-order valence-corrected chi connectivity index (χ3v) is 5.69. The van der Waals surface area contributed by atoms with E-state index in [1.807, 2.05) is 24.5 Å². The molecular weight excluding hydrogens is 342 g/mol. The Morgan fingerprint density at radius 3 is 2.48 bits per heavy atom. The molecule has 7 heteroatoms. The van der Waals surface area contributed by atoms with E-state index in [-0.39, 0.29) is 11.7 Å². The molecule has 144 valence electrons. The van der Waals surface area contributed by atoms with Crippen molar-refractivity contribution in [2.45, 2.75) is 38.2 Å². The minimum absolute atomic E-state index is 0.0474. The number of H-pyrrole nitrogens is 1. The van der Waals surface area contributed by atoms with E-state index in [1.54, 1.807) is 6.07 Å². The zero-order chi connectivity index (χ0) is 18.6. The van der Waals surface area contributed by atoms with Crippen molar-refractivity contribution in [2.75, 3.05) is 36.0 Å². The molecule has 0 unspecified atom stereocenters. The van der Waals surface area contributed by atoms with Crippen LogP contribution in [0, 0.1) is 5.92 Å². The molecule has 7 nitrogen and oxygen atoms in total. The van der Waals surface area contributed by atoms with Crippen molar-refractivity contribution in [3.05, 3.63) is 46.5 Å². The van der Waals surface area contributed by atoms with Crippen LogP contribution < -0.4 is 15.4 Å². The molecule has 2 aromatic heterocycles. The molecule has 0 saturated carbocycles. The summed E-state index contributed by atoms with van der Waals surface area (Å²) in [7, 11) is 0. The number of aliphatic hydroxyl groups is 1. The molecule has 2 fully saturated rings. The quantitative estimate of drug-likeness (QED) is 0.851. The lowest BCUT2D eigenvalue weighted by Crippen LogP contribution is -2.38. The van der Waals surface area contributed by atoms with E-state index in [0.29, 0.717) is 5.92 Å². The van der Waals surface area contributed by atoms with Crippen molar-refractivity contribution in [2.24, 2.45) is 5.92 Å². The fourth-order valence-corrected chi connectivity index (χ4v) is 4.00. The fourth-order valence-electron chi connectivity index (χ4n) is 4.00. The van der Waals surface area contributed by atoms with Gasteiger partial charge in [0.05, 0.1) is 6.10 Å². The molecule has 0 radical (unpaired) electrons. The lowest BCUT2D eigenvalue weighted by molar-refractivity contribution is 0.145. The number of aliphatic hydroxyl groups excluding tert-OH is 1. The Morgan fingerprint density at radius 1 is 1.04 bits per heavy atom. The molecule has 0 aliphatic carbocycles. The van der Waals surface area contributed by atoms with Crippen LogP contribution in [-0.4, -0.2) is 52.3 Å². The summed E-state index contributed by atoms with van der Waals surface area (Å²) in [4.78, 5) is 27.7. The second-order valence-electron chi connectivity index (χ2n) is 7.63. The Kier molecular flexibility index (Phi) is 5.38. The maximum absolute atomic E-state index is 11.2. The molecule has 2 saturated heterocycles. The summed E-state index contributed by atoms with van der Waals surface area (Å²) < 4.78 is 0. The van der Waals surface area contributed by atoms with Crippen molar-refractivity contribution in [1.82, 2.24) is 15.0 Å². The molecule has 0 amide bonds. The summed E-state index contributed by atoms with van der Waals surface area (Å²) in [5.41, 5.74) is 1.15. The van der Waals surface area contributed by atoms with Gasteiger partial charge in [0.1, 0.15) is 5.82 Å². The highest BCUT2D eigenvalue weighted by Crippen LogP contribution is 2.25. The molecule has 4 heterocycles. The summed E-state index contributed by atoms with van der Waals surface area (Å²) in [5, 5.41) is 9.69. The number of hydrogen-bond donors (Lipinski definition) is 2. The Morgan fingerprint density at radius 2 is 1.78 bits per heavy atom. The molecule has 2 aliphatic heterocycles. The van der Waals surface area contributed by atoms with E-state index < -0.39 is 0 Å². The molecule has 0 aromatic carbocycles. The maximum atomic E-state index is 11.2. The van der Waals surface area contributed by atoms with Gasteiger partial charge in [0.2, 0.25) is 11.5 Å². The Hall–Kier alpha value is -2.41. The standard InChI is InChI=1S/C20H27N5O2/c26-17-6-11-24(12-7-17)18-3-8-21-20(23-18)25-9-4-15(5-10-25)13-16-1-2-19(27)22-14-16/h1-3,8,14-15,17,26H,4-7,9-13H2,(H,22,27). The number of rotatable bonds is 4. The van der Waals surface area contributed by atoms with Gasteiger partial charge in [0.25, 0.3) is 0 Å². The zero-order valence-corrected chi connectivity index (χ0v) is 15.5. The van der Waals surface area contributed by atoms with Gasteiger partial charge in [-0.15, -0.1) is 0 Å². The van der Waals surface area contributed by atoms with Crippen LogP contribution >= 0.6 is 0 Å². The summed E-state index contributed by atoms with van der Waals surface area (Å²) >= 11 is 0. The first-order chi connectivity index (χ1) is 13.2. The maximum Gasteiger partial charge on any atom is 0.247 e. The Labute approximate surface area is 159 Å². The van der Waals surface area contributed by atoms with Gasteiger partial charge in [-0.05, 0) is 49.7 Å². The molecule has 0 atom stereocenters. The molecule has 4 rings (SSSR count). The Balaban J connectivity index is 1.34. The van der Waals surface area contributed by atoms with Gasteiger partial charge in [-0.3, -0.25) is 4.79 Å². The minimum atomic E-state index is -0.177. The smallest absolute Gasteiger partial charge is 0.247 e. The number of nitrogens with one attached hydrogen (secondary N) is 1. The number of piperidine rings is 2. The van der Waals surface area contributed by atoms with Crippen molar-refractivity contribution in [3.63, 3.8) is 0 Å². The van der Waals surface area contributed by atoms with Crippen molar-refractivity contribution < 1.29 is 5.11 Å². The first-order valence-electron chi connectivity index (χ1n) is 9.86. The summed E-state index contributed by atoms with van der Waals surface area (Å²) in [5.74, 6) is 2.39. The van der Waals surface area contributed by atoms with Gasteiger partial charge in [0.15, 0.2) is 0 Å². The zero-order valence-electron chi connectivity index (χ0n) is 15.5. The number of anilines is 2. The highest BCUT2D eigenvalue weighted by atomic mass is 16.3. The highest BCUT2D eigenvalue weighted by Gasteiger charge is 2.23. The fraction of sp³-hybridized carbons (Fsp3) is 0.550. The van der Waals surface area contributed by atoms with Gasteiger partial charge >= 0.3 is 0 Å². The topological polar surface area (TPSA) is 85.3 Å². The molecule has 2 aromatic rings. The third-order valence-electron chi connectivity index (χ3n) is 5.69. The number of aromatic nitrogens is 3. The van der Waals surface area contributed by atoms with E-state index in [4.69, 9.17) is 4.98 Å². The summed E-state index contributed by atoms with van der Waals surface area (Å²) in [6, 6.07) is 5.49. The van der Waals surface area contributed by atoms with Crippen LogP contribution in [0.25, 0.3) is 0 Å². The monoisotopic (exact) mass is 369 g/mol. The van der Waals surface area contributed by atoms with Crippen LogP contribution in [-0.2, 0) is 6.42 Å². The largest absolute Gasteiger partial charge is 0.393 e. The van der Waals surface area contributed by atoms with Crippen molar-refractivity contribution in [1.29, 1.82) is 0 Å². The third kappa shape index (κ3) is 4.47. The van der Waals surface area contributed by atoms with Gasteiger partial charge < -0.3 is 19.9 Å². The van der Waals surface area contributed by atoms with E-state index >= 15 is 0 Å². The second kappa shape index (κ2) is 8.08.